The van der Waals surface area contributed by atoms with Crippen molar-refractivity contribution in [2.24, 2.45) is 28.6 Å². The number of esters is 3. The van der Waals surface area contributed by atoms with Crippen LogP contribution in [0.3, 0.4) is 0 Å². The number of benzene rings is 1. The fraction of sp³-hybridized carbons (Fsp3) is 0.694. The summed E-state index contributed by atoms with van der Waals surface area (Å²) in [5.41, 5.74) is -1.82. The quantitative estimate of drug-likeness (QED) is 0.172. The van der Waals surface area contributed by atoms with Crippen molar-refractivity contribution < 1.29 is 38.4 Å². The first-order valence-corrected chi connectivity index (χ1v) is 20.0. The third-order valence-corrected chi connectivity index (χ3v) is 15.0. The van der Waals surface area contributed by atoms with Crippen molar-refractivity contribution in [1.29, 1.82) is 0 Å². The van der Waals surface area contributed by atoms with Gasteiger partial charge in [0.25, 0.3) is 0 Å². The van der Waals surface area contributed by atoms with Gasteiger partial charge in [0.15, 0.2) is 5.60 Å². The van der Waals surface area contributed by atoms with Crippen LogP contribution in [0.1, 0.15) is 78.6 Å². The van der Waals surface area contributed by atoms with Crippen LogP contribution in [-0.2, 0) is 28.5 Å². The molecule has 1 N–H and O–H groups in total. The summed E-state index contributed by atoms with van der Waals surface area (Å²) in [4.78, 5) is 40.0. The number of carbonyl (C=O) groups is 3. The predicted molar refractivity (Wildman–Crippen MR) is 173 cm³/mol. The molecule has 8 nitrogen and oxygen atoms in total. The highest BCUT2D eigenvalue weighted by Crippen LogP contribution is 2.69. The van der Waals surface area contributed by atoms with Crippen molar-refractivity contribution in [3.05, 3.63) is 47.0 Å². The van der Waals surface area contributed by atoms with E-state index in [1.807, 2.05) is 19.9 Å². The Morgan fingerprint density at radius 1 is 0.956 bits per heavy atom. The first-order valence-electron chi connectivity index (χ1n) is 16.4. The van der Waals surface area contributed by atoms with E-state index in [1.54, 1.807) is 24.3 Å². The molecule has 10 atom stereocenters. The van der Waals surface area contributed by atoms with Gasteiger partial charge in [-0.25, -0.2) is 4.79 Å². The zero-order valence-electron chi connectivity index (χ0n) is 28.9. The molecule has 0 spiro atoms. The maximum Gasteiger partial charge on any atom is 0.338 e. The lowest BCUT2D eigenvalue weighted by Crippen LogP contribution is -2.80. The van der Waals surface area contributed by atoms with Crippen molar-refractivity contribution in [3.8, 4) is 0 Å². The smallest absolute Gasteiger partial charge is 0.338 e. The van der Waals surface area contributed by atoms with Crippen LogP contribution in [0.15, 0.2) is 41.5 Å². The van der Waals surface area contributed by atoms with Crippen molar-refractivity contribution in [1.82, 2.24) is 0 Å². The summed E-state index contributed by atoms with van der Waals surface area (Å²) in [6, 6.07) is 8.79. The van der Waals surface area contributed by atoms with Gasteiger partial charge in [-0.3, -0.25) is 9.59 Å². The van der Waals surface area contributed by atoms with Crippen LogP contribution in [0.4, 0.5) is 0 Å². The van der Waals surface area contributed by atoms with E-state index in [9.17, 15) is 19.5 Å². The minimum atomic E-state index is -1.96. The van der Waals surface area contributed by atoms with E-state index in [1.165, 1.54) is 19.4 Å². The topological polar surface area (TPSA) is 108 Å². The normalized spacial score (nSPS) is 40.5. The number of ether oxygens (including phenoxy) is 4. The van der Waals surface area contributed by atoms with E-state index in [-0.39, 0.29) is 24.0 Å². The van der Waals surface area contributed by atoms with Crippen molar-refractivity contribution in [2.45, 2.75) is 123 Å². The molecule has 2 saturated carbocycles. The molecule has 1 aliphatic heterocycles. The zero-order chi connectivity index (χ0) is 33.5. The summed E-state index contributed by atoms with van der Waals surface area (Å²) in [6.07, 6.45) is -1.28. The van der Waals surface area contributed by atoms with E-state index in [2.05, 4.69) is 47.3 Å². The van der Waals surface area contributed by atoms with Gasteiger partial charge in [-0.2, -0.15) is 0 Å². The summed E-state index contributed by atoms with van der Waals surface area (Å²) < 4.78 is 25.5. The summed E-state index contributed by atoms with van der Waals surface area (Å²) >= 11 is 0. The zero-order valence-corrected chi connectivity index (χ0v) is 29.9. The molecule has 1 aromatic rings. The number of hydrogen-bond donors (Lipinski definition) is 1. The third-order valence-electron chi connectivity index (χ3n) is 12.3. The lowest BCUT2D eigenvalue weighted by Gasteiger charge is -2.70. The number of aliphatic hydroxyl groups is 1. The van der Waals surface area contributed by atoms with Gasteiger partial charge in [0.1, 0.15) is 23.9 Å². The Labute approximate surface area is 269 Å². The molecule has 0 radical (unpaired) electrons. The van der Waals surface area contributed by atoms with Gasteiger partial charge in [-0.15, -0.1) is 0 Å². The maximum atomic E-state index is 14.1. The molecule has 1 unspecified atom stereocenters. The van der Waals surface area contributed by atoms with Crippen LogP contribution < -0.4 is 0 Å². The second-order valence-electron chi connectivity index (χ2n) is 16.1. The molecule has 9 heteroatoms. The van der Waals surface area contributed by atoms with E-state index < -0.39 is 72.2 Å². The lowest BCUT2D eigenvalue weighted by atomic mass is 9.42. The van der Waals surface area contributed by atoms with Crippen molar-refractivity contribution in [2.75, 3.05) is 6.61 Å². The minimum Gasteiger partial charge on any atom is -0.461 e. The molecule has 5 rings (SSSR count). The van der Waals surface area contributed by atoms with Gasteiger partial charge in [-0.05, 0) is 43.4 Å². The highest BCUT2D eigenvalue weighted by atomic mass is 28.3. The Hall–Kier alpha value is -2.49. The number of hydrogen-bond acceptors (Lipinski definition) is 8. The van der Waals surface area contributed by atoms with Crippen LogP contribution in [0.5, 0.6) is 0 Å². The van der Waals surface area contributed by atoms with Crippen LogP contribution in [0.2, 0.25) is 25.2 Å². The summed E-state index contributed by atoms with van der Waals surface area (Å²) in [5.74, 6) is -2.58. The van der Waals surface area contributed by atoms with Crippen LogP contribution >= 0.6 is 0 Å². The lowest BCUT2D eigenvalue weighted by molar-refractivity contribution is -0.356. The van der Waals surface area contributed by atoms with Crippen LogP contribution in [0, 0.1) is 28.6 Å². The molecule has 3 aliphatic carbocycles. The van der Waals surface area contributed by atoms with E-state index in [0.717, 1.165) is 5.57 Å². The molecule has 248 valence electrons. The molecule has 0 aromatic heterocycles. The van der Waals surface area contributed by atoms with Gasteiger partial charge < -0.3 is 24.1 Å². The van der Waals surface area contributed by atoms with Gasteiger partial charge in [0.05, 0.1) is 26.2 Å². The summed E-state index contributed by atoms with van der Waals surface area (Å²) in [5, 5.41) is 13.6. The molecule has 1 heterocycles. The molecule has 2 bridgehead atoms. The number of carbonyl (C=O) groups excluding carboxylic acids is 3. The van der Waals surface area contributed by atoms with Gasteiger partial charge >= 0.3 is 17.9 Å². The van der Waals surface area contributed by atoms with Crippen molar-refractivity contribution >= 4 is 26.0 Å². The molecule has 0 amide bonds. The first kappa shape index (κ1) is 33.9. The highest BCUT2D eigenvalue weighted by Gasteiger charge is 2.77. The molecule has 3 fully saturated rings. The number of rotatable bonds is 5. The molecular formula is C36H52O8Si. The predicted octanol–water partition coefficient (Wildman–Crippen LogP) is 6.34. The second-order valence-corrected chi connectivity index (χ2v) is 21.5. The molecule has 1 saturated heterocycles. The van der Waals surface area contributed by atoms with E-state index >= 15 is 0 Å². The molecule has 45 heavy (non-hydrogen) atoms. The Morgan fingerprint density at radius 3 is 2.09 bits per heavy atom. The Balaban J connectivity index is 1.89. The molecular weight excluding hydrogens is 588 g/mol. The SMILES string of the molecule is CC(=O)O[C@@H]1[C@H](C)C2=C(C)[C@@H]([Si](C)(C)C)C[C@@](O)([C@@H](OC(=O)c3ccccc3)C3[C@@]1(C)[C@@H](C)C[C@H]1OC[C@@]31OC(C)=O)C2(C)C. The Bertz CT molecular complexity index is 1400. The summed E-state index contributed by atoms with van der Waals surface area (Å²) in [7, 11) is -1.96. The average molecular weight is 641 g/mol. The van der Waals surface area contributed by atoms with Crippen LogP contribution in [-0.4, -0.2) is 67.2 Å². The van der Waals surface area contributed by atoms with Crippen LogP contribution in [0.25, 0.3) is 0 Å². The maximum absolute atomic E-state index is 14.1. The molecule has 1 aromatic carbocycles. The fourth-order valence-corrected chi connectivity index (χ4v) is 12.5. The molecule has 4 aliphatic rings. The highest BCUT2D eigenvalue weighted by molar-refractivity contribution is 6.78. The second kappa shape index (κ2) is 11.1. The monoisotopic (exact) mass is 640 g/mol. The Morgan fingerprint density at radius 2 is 1.58 bits per heavy atom. The third kappa shape index (κ3) is 4.94. The Kier molecular flexibility index (Phi) is 8.31. The minimum absolute atomic E-state index is 0.0624. The number of fused-ring (bicyclic) bond motifs is 5. The van der Waals surface area contributed by atoms with E-state index in [0.29, 0.717) is 18.4 Å². The van der Waals surface area contributed by atoms with E-state index in [4.69, 9.17) is 18.9 Å². The van der Waals surface area contributed by atoms with Gasteiger partial charge in [0.2, 0.25) is 0 Å². The summed E-state index contributed by atoms with van der Waals surface area (Å²) in [6.45, 7) is 22.3. The fourth-order valence-electron chi connectivity index (χ4n) is 10.1. The average Bonchev–Trinajstić information content (AvgIpc) is 2.92. The first-order chi connectivity index (χ1) is 20.7. The van der Waals surface area contributed by atoms with Gasteiger partial charge in [0, 0.05) is 30.6 Å². The largest absolute Gasteiger partial charge is 0.461 e. The van der Waals surface area contributed by atoms with Gasteiger partial charge in [-0.1, -0.05) is 83.6 Å². The standard InChI is InChI=1S/C36H52O8Si/c1-20-17-27-35(19-41-27,44-24(5)38)29-31(43-32(39)25-15-13-12-14-16-25)36(40)18-26(45(9,10)11)21(2)28(33(36,6)7)22(3)30(34(20,29)8)42-23(4)37/h12-16,20,22,26-27,29-31,40H,17-19H2,1-11H3/t20-,22+,26-,27+,29?,30+,31-,34+,35-,36+/m0/s1. The van der Waals surface area contributed by atoms with Crippen molar-refractivity contribution in [3.63, 3.8) is 0 Å². The number of allylic oxidation sites excluding steroid dienone is 1.